The largest absolute Gasteiger partial charge is 0.508 e. The number of aromatic hydroxyl groups is 1. The van der Waals surface area contributed by atoms with Gasteiger partial charge >= 0.3 is 0 Å². The summed E-state index contributed by atoms with van der Waals surface area (Å²) in [6.07, 6.45) is 4.76. The van der Waals surface area contributed by atoms with Crippen molar-refractivity contribution in [1.29, 1.82) is 0 Å². The van der Waals surface area contributed by atoms with Crippen LogP contribution in [0.4, 0.5) is 0 Å². The van der Waals surface area contributed by atoms with Gasteiger partial charge in [0.05, 0.1) is 12.6 Å². The van der Waals surface area contributed by atoms with E-state index in [4.69, 9.17) is 0 Å². The molecule has 1 heterocycles. The highest BCUT2D eigenvalue weighted by molar-refractivity contribution is 5.98. The molecule has 2 aliphatic rings. The van der Waals surface area contributed by atoms with Gasteiger partial charge in [-0.3, -0.25) is 14.5 Å². The molecule has 1 aliphatic heterocycles. The van der Waals surface area contributed by atoms with Crippen LogP contribution in [0.25, 0.3) is 0 Å². The van der Waals surface area contributed by atoms with Crippen LogP contribution in [0.3, 0.4) is 0 Å². The lowest BCUT2D eigenvalue weighted by Crippen LogP contribution is -2.44. The van der Waals surface area contributed by atoms with E-state index < -0.39 is 0 Å². The Morgan fingerprint density at radius 2 is 1.73 bits per heavy atom. The van der Waals surface area contributed by atoms with Crippen molar-refractivity contribution in [3.05, 3.63) is 65.2 Å². The van der Waals surface area contributed by atoms with Crippen molar-refractivity contribution >= 4 is 11.7 Å². The summed E-state index contributed by atoms with van der Waals surface area (Å²) in [5, 5.41) is 9.41. The van der Waals surface area contributed by atoms with Crippen LogP contribution in [0.1, 0.15) is 53.2 Å². The summed E-state index contributed by atoms with van der Waals surface area (Å²) in [7, 11) is 1.93. The number of rotatable bonds is 5. The number of ketones is 1. The molecule has 0 aromatic heterocycles. The predicted octanol–water partition coefficient (Wildman–Crippen LogP) is 3.82. The van der Waals surface area contributed by atoms with Crippen LogP contribution in [-0.4, -0.2) is 53.3 Å². The molecule has 0 bridgehead atoms. The molecule has 1 fully saturated rings. The van der Waals surface area contributed by atoms with Crippen molar-refractivity contribution in [3.63, 3.8) is 0 Å². The first-order valence-corrected chi connectivity index (χ1v) is 10.9. The third-order valence-corrected chi connectivity index (χ3v) is 6.67. The second-order valence-corrected chi connectivity index (χ2v) is 8.57. The smallest absolute Gasteiger partial charge is 0.237 e. The number of likely N-dealkylation sites (tertiary alicyclic amines) is 1. The fourth-order valence-electron chi connectivity index (χ4n) is 4.82. The van der Waals surface area contributed by atoms with Gasteiger partial charge in [-0.1, -0.05) is 24.3 Å². The molecule has 0 radical (unpaired) electrons. The number of nitrogens with zero attached hydrogens (tertiary/aromatic N) is 2. The number of hydrogen-bond donors (Lipinski definition) is 1. The molecule has 5 heteroatoms. The molecule has 1 unspecified atom stereocenters. The Bertz CT molecular complexity index is 901. The molecule has 4 rings (SSSR count). The Labute approximate surface area is 178 Å². The van der Waals surface area contributed by atoms with Crippen molar-refractivity contribution in [1.82, 2.24) is 9.80 Å². The molecule has 1 saturated heterocycles. The summed E-state index contributed by atoms with van der Waals surface area (Å²) in [5.74, 6) is 0.449. The Balaban J connectivity index is 1.31. The van der Waals surface area contributed by atoms with E-state index in [1.165, 1.54) is 11.1 Å². The molecule has 1 N–H and O–H groups in total. The number of carbonyl (C=O) groups is 2. The zero-order valence-corrected chi connectivity index (χ0v) is 17.6. The first-order valence-electron chi connectivity index (χ1n) is 10.9. The van der Waals surface area contributed by atoms with Crippen LogP contribution >= 0.6 is 0 Å². The standard InChI is InChI=1S/C25H30N2O3/c1-26(23-8-4-6-18-5-2-3-7-22(18)23)24(29)17-27-15-13-20(14-16-27)25(30)19-9-11-21(28)12-10-19/h2-3,5,7,9-12,20,23,28H,4,6,8,13-17H2,1H3. The van der Waals surface area contributed by atoms with Crippen molar-refractivity contribution < 1.29 is 14.7 Å². The molecule has 30 heavy (non-hydrogen) atoms. The Morgan fingerprint density at radius 1 is 1.03 bits per heavy atom. The topological polar surface area (TPSA) is 60.9 Å². The highest BCUT2D eigenvalue weighted by Gasteiger charge is 2.30. The highest BCUT2D eigenvalue weighted by Crippen LogP contribution is 2.33. The van der Waals surface area contributed by atoms with E-state index in [0.717, 1.165) is 45.2 Å². The maximum atomic E-state index is 13.0. The molecule has 0 saturated carbocycles. The summed E-state index contributed by atoms with van der Waals surface area (Å²) in [4.78, 5) is 29.8. The SMILES string of the molecule is CN(C(=O)CN1CCC(C(=O)c2ccc(O)cc2)CC1)C1CCCc2ccccc21. The molecule has 1 aliphatic carbocycles. The summed E-state index contributed by atoms with van der Waals surface area (Å²) < 4.78 is 0. The van der Waals surface area contributed by atoms with Crippen LogP contribution in [-0.2, 0) is 11.2 Å². The van der Waals surface area contributed by atoms with Crippen LogP contribution in [0, 0.1) is 5.92 Å². The average molecular weight is 407 g/mol. The number of piperidine rings is 1. The Morgan fingerprint density at radius 3 is 2.47 bits per heavy atom. The number of benzene rings is 2. The predicted molar refractivity (Wildman–Crippen MR) is 116 cm³/mol. The number of fused-ring (bicyclic) bond motifs is 1. The van der Waals surface area contributed by atoms with E-state index in [1.54, 1.807) is 24.3 Å². The first kappa shape index (κ1) is 20.6. The van der Waals surface area contributed by atoms with Crippen LogP contribution < -0.4 is 0 Å². The molecule has 5 nitrogen and oxygen atoms in total. The minimum Gasteiger partial charge on any atom is -0.508 e. The molecule has 2 aromatic rings. The minimum atomic E-state index is -0.0103. The number of phenolic OH excluding ortho intramolecular Hbond substituents is 1. The van der Waals surface area contributed by atoms with Gasteiger partial charge in [-0.05, 0) is 80.6 Å². The molecule has 0 spiro atoms. The lowest BCUT2D eigenvalue weighted by molar-refractivity contribution is -0.134. The van der Waals surface area contributed by atoms with Crippen LogP contribution in [0.15, 0.2) is 48.5 Å². The molecular formula is C25H30N2O3. The number of likely N-dealkylation sites (N-methyl/N-ethyl adjacent to an activating group) is 1. The van der Waals surface area contributed by atoms with Crippen molar-refractivity contribution in [2.75, 3.05) is 26.7 Å². The Hall–Kier alpha value is -2.66. The van der Waals surface area contributed by atoms with E-state index in [-0.39, 0.29) is 29.4 Å². The van der Waals surface area contributed by atoms with Gasteiger partial charge in [-0.15, -0.1) is 0 Å². The van der Waals surface area contributed by atoms with Gasteiger partial charge in [0.2, 0.25) is 5.91 Å². The fourth-order valence-corrected chi connectivity index (χ4v) is 4.82. The van der Waals surface area contributed by atoms with Crippen LogP contribution in [0.5, 0.6) is 5.75 Å². The van der Waals surface area contributed by atoms with Gasteiger partial charge in [0.15, 0.2) is 5.78 Å². The quantitative estimate of drug-likeness (QED) is 0.767. The number of hydrogen-bond acceptors (Lipinski definition) is 4. The van der Waals surface area contributed by atoms with Gasteiger partial charge < -0.3 is 10.0 Å². The third-order valence-electron chi connectivity index (χ3n) is 6.67. The van der Waals surface area contributed by atoms with E-state index in [0.29, 0.717) is 12.1 Å². The molecule has 1 amide bonds. The van der Waals surface area contributed by atoms with Gasteiger partial charge in [0.25, 0.3) is 0 Å². The zero-order chi connectivity index (χ0) is 21.1. The van der Waals surface area contributed by atoms with E-state index >= 15 is 0 Å². The first-order chi connectivity index (χ1) is 14.5. The third kappa shape index (κ3) is 4.41. The van der Waals surface area contributed by atoms with Crippen molar-refractivity contribution in [3.8, 4) is 5.75 Å². The van der Waals surface area contributed by atoms with Crippen LogP contribution in [0.2, 0.25) is 0 Å². The maximum absolute atomic E-state index is 13.0. The van der Waals surface area contributed by atoms with Gasteiger partial charge in [-0.2, -0.15) is 0 Å². The van der Waals surface area contributed by atoms with Gasteiger partial charge in [0, 0.05) is 18.5 Å². The molecule has 2 aromatic carbocycles. The molecule has 1 atom stereocenters. The maximum Gasteiger partial charge on any atom is 0.237 e. The fraction of sp³-hybridized carbons (Fsp3) is 0.440. The monoisotopic (exact) mass is 406 g/mol. The number of phenols is 1. The molecule has 158 valence electrons. The van der Waals surface area contributed by atoms with E-state index in [2.05, 4.69) is 29.2 Å². The summed E-state index contributed by atoms with van der Waals surface area (Å²) in [6, 6.07) is 15.1. The second-order valence-electron chi connectivity index (χ2n) is 8.57. The molecular weight excluding hydrogens is 376 g/mol. The normalized spacial score (nSPS) is 19.8. The van der Waals surface area contributed by atoms with Gasteiger partial charge in [0.1, 0.15) is 5.75 Å². The Kier molecular flexibility index (Phi) is 6.18. The summed E-state index contributed by atoms with van der Waals surface area (Å²) >= 11 is 0. The summed E-state index contributed by atoms with van der Waals surface area (Å²) in [5.41, 5.74) is 3.30. The zero-order valence-electron chi connectivity index (χ0n) is 17.6. The van der Waals surface area contributed by atoms with E-state index in [9.17, 15) is 14.7 Å². The van der Waals surface area contributed by atoms with E-state index in [1.807, 2.05) is 11.9 Å². The number of aryl methyl sites for hydroxylation is 1. The number of amides is 1. The van der Waals surface area contributed by atoms with Crippen molar-refractivity contribution in [2.45, 2.75) is 38.1 Å². The second kappa shape index (κ2) is 9.00. The van der Waals surface area contributed by atoms with Gasteiger partial charge in [-0.25, -0.2) is 0 Å². The van der Waals surface area contributed by atoms with Crippen molar-refractivity contribution in [2.24, 2.45) is 5.92 Å². The lowest BCUT2D eigenvalue weighted by atomic mass is 9.87. The minimum absolute atomic E-state index is 0.0103. The number of carbonyl (C=O) groups excluding carboxylic acids is 2. The number of Topliss-reactive ketones (excluding diaryl/α,β-unsaturated/α-hetero) is 1. The lowest BCUT2D eigenvalue weighted by Gasteiger charge is -2.36. The highest BCUT2D eigenvalue weighted by atomic mass is 16.3. The summed E-state index contributed by atoms with van der Waals surface area (Å²) in [6.45, 7) is 1.93. The average Bonchev–Trinajstić information content (AvgIpc) is 2.78.